The van der Waals surface area contributed by atoms with E-state index in [2.05, 4.69) is 0 Å². The summed E-state index contributed by atoms with van der Waals surface area (Å²) in [5.74, 6) is -0.0738. The van der Waals surface area contributed by atoms with Crippen LogP contribution in [0.2, 0.25) is 0 Å². The summed E-state index contributed by atoms with van der Waals surface area (Å²) < 4.78 is 6.07. The van der Waals surface area contributed by atoms with Gasteiger partial charge in [-0.05, 0) is 25.3 Å². The Kier molecular flexibility index (Phi) is 3.28. The molecule has 1 amide bonds. The topological polar surface area (TPSA) is 70.0 Å². The zero-order valence-electron chi connectivity index (χ0n) is 11.4. The van der Waals surface area contributed by atoms with E-state index < -0.39 is 24.2 Å². The molecule has 5 nitrogen and oxygen atoms in total. The molecule has 2 N–H and O–H groups in total. The zero-order valence-corrected chi connectivity index (χ0v) is 11.4. The highest BCUT2D eigenvalue weighted by molar-refractivity contribution is 5.78. The van der Waals surface area contributed by atoms with E-state index in [1.54, 1.807) is 0 Å². The molecule has 2 heterocycles. The highest BCUT2D eigenvalue weighted by Crippen LogP contribution is 2.46. The maximum atomic E-state index is 12.2. The molecule has 20 heavy (non-hydrogen) atoms. The van der Waals surface area contributed by atoms with Gasteiger partial charge in [0, 0.05) is 6.42 Å². The summed E-state index contributed by atoms with van der Waals surface area (Å²) >= 11 is 0. The number of aliphatic hydroxyl groups excluding tert-OH is 1. The monoisotopic (exact) mass is 277 g/mol. The van der Waals surface area contributed by atoms with Gasteiger partial charge in [0.1, 0.15) is 17.9 Å². The first-order chi connectivity index (χ1) is 9.53. The van der Waals surface area contributed by atoms with Crippen LogP contribution >= 0.6 is 0 Å². The molecule has 0 saturated carbocycles. The van der Waals surface area contributed by atoms with Crippen molar-refractivity contribution in [2.24, 2.45) is 0 Å². The second-order valence-corrected chi connectivity index (χ2v) is 5.65. The second-order valence-electron chi connectivity index (χ2n) is 5.65. The predicted octanol–water partition coefficient (Wildman–Crippen LogP) is 1.17. The SMILES string of the molecule is C[C@]12CCCC(=O)N1C(C(O)O)C(c1ccccc1)O2. The zero-order chi connectivity index (χ0) is 14.3. The normalized spacial score (nSPS) is 33.6. The van der Waals surface area contributed by atoms with Crippen molar-refractivity contribution in [3.05, 3.63) is 35.9 Å². The van der Waals surface area contributed by atoms with E-state index in [4.69, 9.17) is 4.74 Å². The van der Waals surface area contributed by atoms with Crippen LogP contribution in [0.25, 0.3) is 0 Å². The molecule has 2 aliphatic rings. The summed E-state index contributed by atoms with van der Waals surface area (Å²) in [5, 5.41) is 19.5. The Morgan fingerprint density at radius 1 is 1.35 bits per heavy atom. The van der Waals surface area contributed by atoms with E-state index in [0.717, 1.165) is 12.0 Å². The number of piperidine rings is 1. The minimum atomic E-state index is -1.62. The molecule has 2 unspecified atom stereocenters. The van der Waals surface area contributed by atoms with Gasteiger partial charge in [0.05, 0.1) is 0 Å². The first-order valence-corrected chi connectivity index (χ1v) is 6.94. The molecule has 5 heteroatoms. The van der Waals surface area contributed by atoms with Crippen molar-refractivity contribution >= 4 is 5.91 Å². The first kappa shape index (κ1) is 13.5. The number of nitrogens with zero attached hydrogens (tertiary/aromatic N) is 1. The van der Waals surface area contributed by atoms with Crippen LogP contribution in [0.1, 0.15) is 37.9 Å². The molecule has 0 aromatic heterocycles. The van der Waals surface area contributed by atoms with Gasteiger partial charge in [0.25, 0.3) is 0 Å². The number of carbonyl (C=O) groups is 1. The maximum absolute atomic E-state index is 12.2. The highest BCUT2D eigenvalue weighted by atomic mass is 16.6. The van der Waals surface area contributed by atoms with Gasteiger partial charge in [-0.2, -0.15) is 0 Å². The average Bonchev–Trinajstić information content (AvgIpc) is 2.75. The Labute approximate surface area is 117 Å². The van der Waals surface area contributed by atoms with Crippen molar-refractivity contribution in [3.8, 4) is 0 Å². The Bertz CT molecular complexity index is 504. The molecule has 0 spiro atoms. The van der Waals surface area contributed by atoms with Crippen molar-refractivity contribution in [2.75, 3.05) is 0 Å². The summed E-state index contributed by atoms with van der Waals surface area (Å²) in [6.07, 6.45) is -0.219. The molecule has 2 fully saturated rings. The molecule has 2 aliphatic heterocycles. The quantitative estimate of drug-likeness (QED) is 0.796. The third-order valence-electron chi connectivity index (χ3n) is 4.23. The van der Waals surface area contributed by atoms with Gasteiger partial charge in [-0.15, -0.1) is 0 Å². The average molecular weight is 277 g/mol. The Morgan fingerprint density at radius 3 is 2.70 bits per heavy atom. The van der Waals surface area contributed by atoms with E-state index in [1.165, 1.54) is 4.90 Å². The molecular weight excluding hydrogens is 258 g/mol. The number of benzene rings is 1. The lowest BCUT2D eigenvalue weighted by atomic mass is 9.96. The molecule has 0 radical (unpaired) electrons. The summed E-state index contributed by atoms with van der Waals surface area (Å²) in [6, 6.07) is 8.65. The minimum Gasteiger partial charge on any atom is -0.366 e. The van der Waals surface area contributed by atoms with Crippen LogP contribution in [0.15, 0.2) is 30.3 Å². The first-order valence-electron chi connectivity index (χ1n) is 6.94. The molecule has 0 bridgehead atoms. The van der Waals surface area contributed by atoms with E-state index in [9.17, 15) is 15.0 Å². The number of aliphatic hydroxyl groups is 2. The maximum Gasteiger partial charge on any atom is 0.225 e. The number of amides is 1. The molecule has 0 aliphatic carbocycles. The van der Waals surface area contributed by atoms with Gasteiger partial charge in [-0.3, -0.25) is 4.79 Å². The van der Waals surface area contributed by atoms with E-state index in [1.807, 2.05) is 37.3 Å². The standard InChI is InChI=1S/C15H19NO4/c1-15-9-5-8-11(17)16(15)12(14(18)19)13(20-15)10-6-3-2-4-7-10/h2-4,6-7,12-14,18-19H,5,8-9H2,1H3/t12?,13?,15-/m0/s1. The fourth-order valence-corrected chi connectivity index (χ4v) is 3.35. The third kappa shape index (κ3) is 2.02. The smallest absolute Gasteiger partial charge is 0.225 e. The van der Waals surface area contributed by atoms with Crippen LogP contribution < -0.4 is 0 Å². The minimum absolute atomic E-state index is 0.0738. The molecule has 2 saturated heterocycles. The van der Waals surface area contributed by atoms with Crippen molar-refractivity contribution in [3.63, 3.8) is 0 Å². The fourth-order valence-electron chi connectivity index (χ4n) is 3.35. The van der Waals surface area contributed by atoms with Gasteiger partial charge in [0.15, 0.2) is 6.29 Å². The number of fused-ring (bicyclic) bond motifs is 1. The van der Waals surface area contributed by atoms with E-state index in [0.29, 0.717) is 12.8 Å². The van der Waals surface area contributed by atoms with Crippen LogP contribution in [-0.4, -0.2) is 39.1 Å². The molecule has 1 aromatic carbocycles. The van der Waals surface area contributed by atoms with Crippen LogP contribution in [-0.2, 0) is 9.53 Å². The second kappa shape index (κ2) is 4.84. The fraction of sp³-hybridized carbons (Fsp3) is 0.533. The van der Waals surface area contributed by atoms with E-state index >= 15 is 0 Å². The summed E-state index contributed by atoms with van der Waals surface area (Å²) in [4.78, 5) is 13.7. The summed E-state index contributed by atoms with van der Waals surface area (Å²) in [7, 11) is 0. The summed E-state index contributed by atoms with van der Waals surface area (Å²) in [5.41, 5.74) is 0.110. The van der Waals surface area contributed by atoms with Gasteiger partial charge in [-0.25, -0.2) is 0 Å². The van der Waals surface area contributed by atoms with Crippen molar-refractivity contribution in [1.29, 1.82) is 0 Å². The van der Waals surface area contributed by atoms with Gasteiger partial charge < -0.3 is 19.8 Å². The lowest BCUT2D eigenvalue weighted by Crippen LogP contribution is -2.55. The largest absolute Gasteiger partial charge is 0.366 e. The Balaban J connectivity index is 2.01. The Hall–Kier alpha value is -1.43. The van der Waals surface area contributed by atoms with E-state index in [-0.39, 0.29) is 5.91 Å². The molecule has 3 atom stereocenters. The summed E-state index contributed by atoms with van der Waals surface area (Å²) in [6.45, 7) is 1.85. The van der Waals surface area contributed by atoms with Crippen molar-refractivity contribution in [1.82, 2.24) is 4.90 Å². The number of rotatable bonds is 2. The number of carbonyl (C=O) groups excluding carboxylic acids is 1. The van der Waals surface area contributed by atoms with Crippen molar-refractivity contribution in [2.45, 2.75) is 50.3 Å². The molecule has 3 rings (SSSR count). The molecule has 108 valence electrons. The predicted molar refractivity (Wildman–Crippen MR) is 71.4 cm³/mol. The van der Waals surface area contributed by atoms with Gasteiger partial charge >= 0.3 is 0 Å². The van der Waals surface area contributed by atoms with Crippen molar-refractivity contribution < 1.29 is 19.7 Å². The van der Waals surface area contributed by atoms with Crippen LogP contribution in [0.3, 0.4) is 0 Å². The van der Waals surface area contributed by atoms with Crippen LogP contribution in [0, 0.1) is 0 Å². The lowest BCUT2D eigenvalue weighted by Gasteiger charge is -2.40. The van der Waals surface area contributed by atoms with Gasteiger partial charge in [0.2, 0.25) is 5.91 Å². The third-order valence-corrected chi connectivity index (χ3v) is 4.23. The van der Waals surface area contributed by atoms with Crippen LogP contribution in [0.4, 0.5) is 0 Å². The van der Waals surface area contributed by atoms with Crippen LogP contribution in [0.5, 0.6) is 0 Å². The lowest BCUT2D eigenvalue weighted by molar-refractivity contribution is -0.167. The number of hydrogen-bond acceptors (Lipinski definition) is 4. The molecule has 1 aromatic rings. The number of ether oxygens (including phenoxy) is 1. The van der Waals surface area contributed by atoms with Gasteiger partial charge in [-0.1, -0.05) is 30.3 Å². The Morgan fingerprint density at radius 2 is 2.05 bits per heavy atom. The number of hydrogen-bond donors (Lipinski definition) is 2. The molecular formula is C15H19NO4. The highest BCUT2D eigenvalue weighted by Gasteiger charge is 2.56.